The van der Waals surface area contributed by atoms with Gasteiger partial charge in [0, 0.05) is 16.0 Å². The number of aromatic amines is 1. The molecule has 4 aromatic rings. The lowest BCUT2D eigenvalue weighted by atomic mass is 10.1. The number of carbonyl (C=O) groups excluding carboxylic acids is 1. The highest BCUT2D eigenvalue weighted by atomic mass is 32.1. The average molecular weight is 406 g/mol. The van der Waals surface area contributed by atoms with E-state index in [1.54, 1.807) is 29.5 Å². The molecule has 7 heteroatoms. The first-order valence-electron chi connectivity index (χ1n) is 9.13. The van der Waals surface area contributed by atoms with Crippen LogP contribution in [0, 0.1) is 19.7 Å². The molecule has 0 atom stereocenters. The third-order valence-electron chi connectivity index (χ3n) is 4.64. The van der Waals surface area contributed by atoms with E-state index in [1.165, 1.54) is 17.7 Å². The first-order chi connectivity index (χ1) is 14.0. The van der Waals surface area contributed by atoms with Crippen LogP contribution in [-0.2, 0) is 6.54 Å². The third kappa shape index (κ3) is 4.09. The minimum absolute atomic E-state index is 0.254. The summed E-state index contributed by atoms with van der Waals surface area (Å²) in [4.78, 5) is 18.2. The number of H-pyrrole nitrogens is 1. The Balaban J connectivity index is 1.45. The summed E-state index contributed by atoms with van der Waals surface area (Å²) in [6, 6.07) is 15.7. The Labute approximate surface area is 171 Å². The molecule has 0 spiro atoms. The fraction of sp³-hybridized carbons (Fsp3) is 0.136. The van der Waals surface area contributed by atoms with Crippen LogP contribution in [0.4, 0.5) is 4.39 Å². The van der Waals surface area contributed by atoms with E-state index in [9.17, 15) is 9.18 Å². The van der Waals surface area contributed by atoms with Gasteiger partial charge in [-0.05, 0) is 49.7 Å². The van der Waals surface area contributed by atoms with Crippen LogP contribution in [0.2, 0.25) is 0 Å². The maximum absolute atomic E-state index is 13.1. The molecule has 5 nitrogen and oxygen atoms in total. The molecule has 2 aromatic heterocycles. The number of carbonyl (C=O) groups is 1. The molecule has 0 fully saturated rings. The van der Waals surface area contributed by atoms with Gasteiger partial charge >= 0.3 is 0 Å². The zero-order chi connectivity index (χ0) is 20.4. The lowest BCUT2D eigenvalue weighted by Gasteiger charge is -2.02. The summed E-state index contributed by atoms with van der Waals surface area (Å²) in [7, 11) is 0. The topological polar surface area (TPSA) is 70.7 Å². The van der Waals surface area contributed by atoms with Gasteiger partial charge in [0.1, 0.15) is 16.5 Å². The van der Waals surface area contributed by atoms with Crippen LogP contribution in [0.5, 0.6) is 0 Å². The molecule has 0 saturated heterocycles. The van der Waals surface area contributed by atoms with Crippen LogP contribution in [0.25, 0.3) is 21.8 Å². The number of nitrogens with zero attached hydrogens (tertiary/aromatic N) is 2. The normalized spacial score (nSPS) is 10.9. The largest absolute Gasteiger partial charge is 0.346 e. The molecule has 0 radical (unpaired) electrons. The molecule has 2 heterocycles. The van der Waals surface area contributed by atoms with E-state index in [4.69, 9.17) is 0 Å². The van der Waals surface area contributed by atoms with Crippen molar-refractivity contribution in [2.45, 2.75) is 20.4 Å². The van der Waals surface area contributed by atoms with Gasteiger partial charge in [-0.1, -0.05) is 24.3 Å². The maximum atomic E-state index is 13.1. The number of aromatic nitrogens is 3. The highest BCUT2D eigenvalue weighted by Gasteiger charge is 2.14. The molecule has 0 aliphatic rings. The zero-order valence-corrected chi connectivity index (χ0v) is 16.8. The van der Waals surface area contributed by atoms with Crippen molar-refractivity contribution in [1.29, 1.82) is 0 Å². The molecule has 2 aromatic carbocycles. The average Bonchev–Trinajstić information content (AvgIpc) is 3.34. The predicted molar refractivity (Wildman–Crippen MR) is 112 cm³/mol. The standard InChI is InChI=1S/C22H19FN4OS/c1-13-5-3-4-6-17(13)22-25-14(2)20(29-22)12-24-21(28)19-11-18(26-27-19)15-7-9-16(23)10-8-15/h3-11H,12H2,1-2H3,(H,24,28)(H,26,27). The van der Waals surface area contributed by atoms with E-state index in [-0.39, 0.29) is 11.7 Å². The zero-order valence-electron chi connectivity index (χ0n) is 16.0. The molecule has 2 N–H and O–H groups in total. The molecule has 0 aliphatic carbocycles. The number of amides is 1. The Morgan fingerprint density at radius 1 is 1.14 bits per heavy atom. The van der Waals surface area contributed by atoms with Crippen molar-refractivity contribution in [3.05, 3.63) is 82.2 Å². The Morgan fingerprint density at radius 2 is 1.90 bits per heavy atom. The van der Waals surface area contributed by atoms with Gasteiger partial charge in [0.2, 0.25) is 0 Å². The Bertz CT molecular complexity index is 1160. The number of aryl methyl sites for hydroxylation is 2. The number of halogens is 1. The van der Waals surface area contributed by atoms with Gasteiger partial charge in [0.15, 0.2) is 0 Å². The van der Waals surface area contributed by atoms with Crippen molar-refractivity contribution in [3.8, 4) is 21.8 Å². The number of nitrogens with one attached hydrogen (secondary N) is 2. The van der Waals surface area contributed by atoms with Crippen molar-refractivity contribution < 1.29 is 9.18 Å². The number of thiazole rings is 1. The quantitative estimate of drug-likeness (QED) is 0.496. The number of rotatable bonds is 5. The summed E-state index contributed by atoms with van der Waals surface area (Å²) < 4.78 is 13.1. The first-order valence-corrected chi connectivity index (χ1v) is 9.95. The summed E-state index contributed by atoms with van der Waals surface area (Å²) in [5.74, 6) is -0.566. The van der Waals surface area contributed by atoms with E-state index in [1.807, 2.05) is 19.1 Å². The van der Waals surface area contributed by atoms with Crippen LogP contribution in [0.1, 0.15) is 26.6 Å². The summed E-state index contributed by atoms with van der Waals surface area (Å²) in [5.41, 5.74) is 4.86. The van der Waals surface area contributed by atoms with Crippen molar-refractivity contribution in [2.75, 3.05) is 0 Å². The van der Waals surface area contributed by atoms with Gasteiger partial charge in [-0.2, -0.15) is 5.10 Å². The molecule has 4 rings (SSSR count). The van der Waals surface area contributed by atoms with Gasteiger partial charge in [-0.3, -0.25) is 9.89 Å². The van der Waals surface area contributed by atoms with E-state index in [0.717, 1.165) is 26.7 Å². The maximum Gasteiger partial charge on any atom is 0.269 e. The second-order valence-corrected chi connectivity index (χ2v) is 7.78. The second-order valence-electron chi connectivity index (χ2n) is 6.70. The van der Waals surface area contributed by atoms with Crippen LogP contribution < -0.4 is 5.32 Å². The Hall–Kier alpha value is -3.32. The summed E-state index contributed by atoms with van der Waals surface area (Å²) in [5, 5.41) is 10.7. The predicted octanol–water partition coefficient (Wildman–Crippen LogP) is 4.89. The lowest BCUT2D eigenvalue weighted by Crippen LogP contribution is -2.23. The Kier molecular flexibility index (Phi) is 5.22. The molecule has 0 saturated carbocycles. The Morgan fingerprint density at radius 3 is 2.66 bits per heavy atom. The minimum atomic E-state index is -0.313. The number of benzene rings is 2. The van der Waals surface area contributed by atoms with Crippen molar-refractivity contribution in [1.82, 2.24) is 20.5 Å². The lowest BCUT2D eigenvalue weighted by molar-refractivity contribution is 0.0946. The van der Waals surface area contributed by atoms with Gasteiger partial charge < -0.3 is 5.32 Å². The van der Waals surface area contributed by atoms with Crippen LogP contribution in [-0.4, -0.2) is 21.1 Å². The highest BCUT2D eigenvalue weighted by Crippen LogP contribution is 2.30. The molecule has 0 aliphatic heterocycles. The highest BCUT2D eigenvalue weighted by molar-refractivity contribution is 7.15. The summed E-state index contributed by atoms with van der Waals surface area (Å²) in [6.07, 6.45) is 0. The van der Waals surface area contributed by atoms with E-state index in [0.29, 0.717) is 17.9 Å². The molecular formula is C22H19FN4OS. The third-order valence-corrected chi connectivity index (χ3v) is 5.83. The smallest absolute Gasteiger partial charge is 0.269 e. The summed E-state index contributed by atoms with van der Waals surface area (Å²) in [6.45, 7) is 4.40. The van der Waals surface area contributed by atoms with Crippen LogP contribution in [0.3, 0.4) is 0 Å². The molecular weight excluding hydrogens is 387 g/mol. The first kappa shape index (κ1) is 19.0. The molecule has 29 heavy (non-hydrogen) atoms. The van der Waals surface area contributed by atoms with E-state index >= 15 is 0 Å². The summed E-state index contributed by atoms with van der Waals surface area (Å²) >= 11 is 1.58. The number of hydrogen-bond acceptors (Lipinski definition) is 4. The monoisotopic (exact) mass is 406 g/mol. The van der Waals surface area contributed by atoms with E-state index < -0.39 is 0 Å². The van der Waals surface area contributed by atoms with Gasteiger partial charge in [0.25, 0.3) is 5.91 Å². The fourth-order valence-corrected chi connectivity index (χ4v) is 4.08. The molecule has 0 unspecified atom stereocenters. The molecule has 1 amide bonds. The van der Waals surface area contributed by atoms with Gasteiger partial charge in [0.05, 0.1) is 17.9 Å². The van der Waals surface area contributed by atoms with Gasteiger partial charge in [-0.15, -0.1) is 11.3 Å². The molecule has 146 valence electrons. The van der Waals surface area contributed by atoms with Crippen molar-refractivity contribution in [3.63, 3.8) is 0 Å². The van der Waals surface area contributed by atoms with E-state index in [2.05, 4.69) is 39.6 Å². The second kappa shape index (κ2) is 7.97. The number of hydrogen-bond donors (Lipinski definition) is 2. The fourth-order valence-electron chi connectivity index (χ4n) is 2.98. The van der Waals surface area contributed by atoms with Crippen molar-refractivity contribution in [2.24, 2.45) is 0 Å². The SMILES string of the molecule is Cc1ccccc1-c1nc(C)c(CNC(=O)c2cc(-c3ccc(F)cc3)n[nH]2)s1. The van der Waals surface area contributed by atoms with Gasteiger partial charge in [-0.25, -0.2) is 9.37 Å². The molecule has 0 bridgehead atoms. The van der Waals surface area contributed by atoms with Crippen molar-refractivity contribution >= 4 is 17.2 Å². The minimum Gasteiger partial charge on any atom is -0.346 e. The van der Waals surface area contributed by atoms with Crippen LogP contribution in [0.15, 0.2) is 54.6 Å². The van der Waals surface area contributed by atoms with Crippen LogP contribution >= 0.6 is 11.3 Å².